The fourth-order valence-electron chi connectivity index (χ4n) is 3.06. The summed E-state index contributed by atoms with van der Waals surface area (Å²) < 4.78 is 0. The first-order chi connectivity index (χ1) is 10.0. The Kier molecular flexibility index (Phi) is 5.23. The quantitative estimate of drug-likeness (QED) is 0.624. The fraction of sp³-hybridized carbons (Fsp3) is 0.588. The maximum absolute atomic E-state index is 7.82. The molecule has 1 heterocycles. The molecule has 0 saturated heterocycles. The molecule has 1 aromatic carbocycles. The van der Waals surface area contributed by atoms with Crippen LogP contribution in [0, 0.1) is 11.3 Å². The predicted octanol–water partition coefficient (Wildman–Crippen LogP) is 3.15. The minimum absolute atomic E-state index is 0.182. The van der Waals surface area contributed by atoms with Gasteiger partial charge in [-0.25, -0.2) is 0 Å². The minimum atomic E-state index is 0.182. The van der Waals surface area contributed by atoms with E-state index in [1.165, 1.54) is 11.1 Å². The van der Waals surface area contributed by atoms with E-state index >= 15 is 0 Å². The lowest BCUT2D eigenvalue weighted by Gasteiger charge is -2.32. The van der Waals surface area contributed by atoms with Crippen molar-refractivity contribution in [2.45, 2.75) is 46.2 Å². The van der Waals surface area contributed by atoms with Gasteiger partial charge in [0, 0.05) is 19.1 Å². The number of nitrogens with zero attached hydrogens (tertiary/aromatic N) is 2. The number of fused-ring (bicyclic) bond motifs is 1. The van der Waals surface area contributed by atoms with Crippen LogP contribution in [0.15, 0.2) is 24.3 Å². The summed E-state index contributed by atoms with van der Waals surface area (Å²) in [6, 6.07) is 9.12. The first kappa shape index (κ1) is 15.8. The van der Waals surface area contributed by atoms with Crippen LogP contribution < -0.4 is 5.73 Å². The first-order valence-electron chi connectivity index (χ1n) is 7.93. The van der Waals surface area contributed by atoms with Crippen LogP contribution in [-0.4, -0.2) is 29.0 Å². The molecular formula is C17H28N4. The summed E-state index contributed by atoms with van der Waals surface area (Å²) in [6.07, 6.45) is 2.16. The molecule has 1 aliphatic rings. The molecule has 1 aromatic rings. The van der Waals surface area contributed by atoms with Gasteiger partial charge in [-0.15, -0.1) is 0 Å². The summed E-state index contributed by atoms with van der Waals surface area (Å²) >= 11 is 0. The number of hydrogen-bond donors (Lipinski definition) is 2. The molecule has 0 spiro atoms. The van der Waals surface area contributed by atoms with E-state index in [4.69, 9.17) is 11.1 Å². The molecule has 0 aliphatic carbocycles. The van der Waals surface area contributed by atoms with Crippen molar-refractivity contribution in [3.05, 3.63) is 35.4 Å². The normalized spacial score (nSPS) is 18.0. The molecule has 0 bridgehead atoms. The van der Waals surface area contributed by atoms with E-state index < -0.39 is 0 Å². The van der Waals surface area contributed by atoms with Gasteiger partial charge in [0.25, 0.3) is 0 Å². The Labute approximate surface area is 128 Å². The summed E-state index contributed by atoms with van der Waals surface area (Å²) in [6.45, 7) is 9.20. The lowest BCUT2D eigenvalue weighted by Crippen LogP contribution is -2.44. The van der Waals surface area contributed by atoms with Crippen molar-refractivity contribution in [2.24, 2.45) is 11.7 Å². The molecule has 0 fully saturated rings. The number of hydrogen-bond acceptors (Lipinski definition) is 2. The molecule has 116 valence electrons. The van der Waals surface area contributed by atoms with Crippen molar-refractivity contribution in [1.29, 1.82) is 5.41 Å². The van der Waals surface area contributed by atoms with Gasteiger partial charge in [-0.05, 0) is 29.9 Å². The number of guanidine groups is 1. The first-order valence-corrected chi connectivity index (χ1v) is 7.93. The Morgan fingerprint density at radius 1 is 1.43 bits per heavy atom. The highest BCUT2D eigenvalue weighted by atomic mass is 15.4. The Balaban J connectivity index is 2.06. The largest absolute Gasteiger partial charge is 0.370 e. The highest BCUT2D eigenvalue weighted by Gasteiger charge is 2.29. The topological polar surface area (TPSA) is 56.4 Å². The number of nitrogens with one attached hydrogen (secondary N) is 1. The molecule has 4 heteroatoms. The van der Waals surface area contributed by atoms with E-state index in [0.717, 1.165) is 32.6 Å². The third kappa shape index (κ3) is 3.76. The lowest BCUT2D eigenvalue weighted by atomic mass is 10.0. The monoisotopic (exact) mass is 288 g/mol. The zero-order valence-corrected chi connectivity index (χ0v) is 13.5. The van der Waals surface area contributed by atoms with Gasteiger partial charge in [-0.1, -0.05) is 45.0 Å². The van der Waals surface area contributed by atoms with Crippen LogP contribution in [0.1, 0.15) is 50.8 Å². The lowest BCUT2D eigenvalue weighted by molar-refractivity contribution is 0.136. The van der Waals surface area contributed by atoms with E-state index in [1.807, 2.05) is 4.90 Å². The van der Waals surface area contributed by atoms with E-state index in [-0.39, 0.29) is 5.96 Å². The molecular weight excluding hydrogens is 260 g/mol. The standard InChI is InChI=1S/C17H28N4/c1-4-16-15-8-6-5-7-14(15)11-21(16)12-20(17(18)19)10-9-13(2)3/h5-8,13,16H,4,9-12H2,1-3H3,(H3,18,19). The van der Waals surface area contributed by atoms with Crippen LogP contribution in [0.5, 0.6) is 0 Å². The van der Waals surface area contributed by atoms with Gasteiger partial charge in [0.05, 0.1) is 6.67 Å². The Morgan fingerprint density at radius 2 is 2.14 bits per heavy atom. The molecule has 4 nitrogen and oxygen atoms in total. The molecule has 21 heavy (non-hydrogen) atoms. The number of benzene rings is 1. The molecule has 1 unspecified atom stereocenters. The van der Waals surface area contributed by atoms with Crippen molar-refractivity contribution >= 4 is 5.96 Å². The molecule has 0 radical (unpaired) electrons. The minimum Gasteiger partial charge on any atom is -0.370 e. The van der Waals surface area contributed by atoms with Crippen LogP contribution in [0.2, 0.25) is 0 Å². The van der Waals surface area contributed by atoms with Gasteiger partial charge in [-0.3, -0.25) is 10.3 Å². The van der Waals surface area contributed by atoms with Crippen LogP contribution in [0.25, 0.3) is 0 Å². The predicted molar refractivity (Wildman–Crippen MR) is 88.0 cm³/mol. The summed E-state index contributed by atoms with van der Waals surface area (Å²) in [7, 11) is 0. The van der Waals surface area contributed by atoms with E-state index in [1.54, 1.807) is 0 Å². The molecule has 0 amide bonds. The number of nitrogens with two attached hydrogens (primary N) is 1. The van der Waals surface area contributed by atoms with Crippen LogP contribution >= 0.6 is 0 Å². The highest BCUT2D eigenvalue weighted by Crippen LogP contribution is 2.35. The molecule has 0 aromatic heterocycles. The molecule has 2 rings (SSSR count). The van der Waals surface area contributed by atoms with Crippen LogP contribution in [0.3, 0.4) is 0 Å². The van der Waals surface area contributed by atoms with Crippen molar-refractivity contribution in [3.8, 4) is 0 Å². The third-order valence-corrected chi connectivity index (χ3v) is 4.28. The second kappa shape index (κ2) is 6.94. The summed E-state index contributed by atoms with van der Waals surface area (Å²) in [5.74, 6) is 0.811. The zero-order chi connectivity index (χ0) is 15.4. The maximum Gasteiger partial charge on any atom is 0.189 e. The SMILES string of the molecule is CCC1c2ccccc2CN1CN(CCC(C)C)C(=N)N. The second-order valence-electron chi connectivity index (χ2n) is 6.34. The van der Waals surface area contributed by atoms with Crippen molar-refractivity contribution in [3.63, 3.8) is 0 Å². The average molecular weight is 288 g/mol. The fourth-order valence-corrected chi connectivity index (χ4v) is 3.06. The second-order valence-corrected chi connectivity index (χ2v) is 6.34. The van der Waals surface area contributed by atoms with Crippen molar-refractivity contribution in [1.82, 2.24) is 9.80 Å². The Bertz CT molecular complexity index is 483. The van der Waals surface area contributed by atoms with Crippen LogP contribution in [0.4, 0.5) is 0 Å². The highest BCUT2D eigenvalue weighted by molar-refractivity contribution is 5.74. The third-order valence-electron chi connectivity index (χ3n) is 4.28. The molecule has 0 saturated carbocycles. The van der Waals surface area contributed by atoms with E-state index in [2.05, 4.69) is 49.9 Å². The van der Waals surface area contributed by atoms with Gasteiger partial charge in [0.1, 0.15) is 0 Å². The van der Waals surface area contributed by atoms with Crippen molar-refractivity contribution < 1.29 is 0 Å². The zero-order valence-electron chi connectivity index (χ0n) is 13.5. The van der Waals surface area contributed by atoms with Gasteiger partial charge in [-0.2, -0.15) is 0 Å². The average Bonchev–Trinajstić information content (AvgIpc) is 2.79. The van der Waals surface area contributed by atoms with E-state index in [9.17, 15) is 0 Å². The molecule has 1 aliphatic heterocycles. The number of rotatable bonds is 6. The Morgan fingerprint density at radius 3 is 2.76 bits per heavy atom. The molecule has 3 N–H and O–H groups in total. The van der Waals surface area contributed by atoms with Gasteiger partial charge in [0.2, 0.25) is 0 Å². The van der Waals surface area contributed by atoms with Crippen LogP contribution in [-0.2, 0) is 6.54 Å². The summed E-state index contributed by atoms with van der Waals surface area (Å²) in [5, 5.41) is 7.82. The summed E-state index contributed by atoms with van der Waals surface area (Å²) in [5.41, 5.74) is 8.63. The van der Waals surface area contributed by atoms with Gasteiger partial charge in [0.15, 0.2) is 5.96 Å². The molecule has 1 atom stereocenters. The van der Waals surface area contributed by atoms with Crippen molar-refractivity contribution in [2.75, 3.05) is 13.2 Å². The van der Waals surface area contributed by atoms with Gasteiger partial charge >= 0.3 is 0 Å². The van der Waals surface area contributed by atoms with Gasteiger partial charge < -0.3 is 10.6 Å². The summed E-state index contributed by atoms with van der Waals surface area (Å²) in [4.78, 5) is 4.43. The maximum atomic E-state index is 7.82. The smallest absolute Gasteiger partial charge is 0.189 e. The van der Waals surface area contributed by atoms with E-state index in [0.29, 0.717) is 12.0 Å². The Hall–Kier alpha value is -1.55.